The lowest BCUT2D eigenvalue weighted by Crippen LogP contribution is -2.12. The number of hydrogen-bond acceptors (Lipinski definition) is 4. The van der Waals surface area contributed by atoms with E-state index >= 15 is 0 Å². The zero-order valence-electron chi connectivity index (χ0n) is 13.0. The molecule has 0 amide bonds. The predicted molar refractivity (Wildman–Crippen MR) is 88.0 cm³/mol. The number of anilines is 2. The van der Waals surface area contributed by atoms with Crippen LogP contribution in [0.5, 0.6) is 0 Å². The van der Waals surface area contributed by atoms with Gasteiger partial charge in [-0.15, -0.1) is 0 Å². The lowest BCUT2D eigenvalue weighted by atomic mass is 10.1. The van der Waals surface area contributed by atoms with Crippen LogP contribution in [0.15, 0.2) is 24.3 Å². The molecule has 0 aliphatic carbocycles. The molecule has 1 aliphatic heterocycles. The van der Waals surface area contributed by atoms with Crippen LogP contribution < -0.4 is 10.2 Å². The van der Waals surface area contributed by atoms with Gasteiger partial charge in [-0.3, -0.25) is 0 Å². The van der Waals surface area contributed by atoms with Crippen LogP contribution in [0.1, 0.15) is 25.1 Å². The van der Waals surface area contributed by atoms with Gasteiger partial charge in [-0.2, -0.15) is 0 Å². The lowest BCUT2D eigenvalue weighted by molar-refractivity contribution is 0.956. The molecule has 0 fully saturated rings. The zero-order valence-corrected chi connectivity index (χ0v) is 13.0. The Balaban J connectivity index is 2.01. The highest BCUT2D eigenvalue weighted by atomic mass is 15.1. The van der Waals surface area contributed by atoms with Gasteiger partial charge in [0.05, 0.1) is 0 Å². The number of fused-ring (bicyclic) bond motifs is 1. The summed E-state index contributed by atoms with van der Waals surface area (Å²) in [5.41, 5.74) is 4.91. The maximum absolute atomic E-state index is 4.68. The Labute approximate surface area is 126 Å². The summed E-state index contributed by atoms with van der Waals surface area (Å²) in [6.07, 6.45) is 2.02. The Morgan fingerprint density at radius 2 is 2.05 bits per heavy atom. The van der Waals surface area contributed by atoms with E-state index in [9.17, 15) is 0 Å². The normalized spacial score (nSPS) is 13.4. The average molecular weight is 282 g/mol. The fourth-order valence-corrected chi connectivity index (χ4v) is 2.79. The van der Waals surface area contributed by atoms with Crippen LogP contribution in [0, 0.1) is 0 Å². The van der Waals surface area contributed by atoms with E-state index in [0.29, 0.717) is 0 Å². The second-order valence-electron chi connectivity index (χ2n) is 5.47. The van der Waals surface area contributed by atoms with Gasteiger partial charge in [-0.25, -0.2) is 9.97 Å². The molecule has 21 heavy (non-hydrogen) atoms. The number of rotatable bonds is 4. The Morgan fingerprint density at radius 1 is 1.19 bits per heavy atom. The van der Waals surface area contributed by atoms with E-state index in [0.717, 1.165) is 48.8 Å². The van der Waals surface area contributed by atoms with E-state index in [1.807, 2.05) is 6.07 Å². The molecular weight excluding hydrogens is 260 g/mol. The number of aryl methyl sites for hydroxylation is 1. The molecule has 1 N–H and O–H groups in total. The monoisotopic (exact) mass is 282 g/mol. The van der Waals surface area contributed by atoms with Crippen molar-refractivity contribution in [2.24, 2.45) is 0 Å². The van der Waals surface area contributed by atoms with Crippen LogP contribution in [0.2, 0.25) is 0 Å². The van der Waals surface area contributed by atoms with E-state index in [1.165, 1.54) is 11.3 Å². The molecule has 1 aromatic heterocycles. The van der Waals surface area contributed by atoms with Crippen LogP contribution in [-0.2, 0) is 12.8 Å². The summed E-state index contributed by atoms with van der Waals surface area (Å²) in [4.78, 5) is 11.6. The highest BCUT2D eigenvalue weighted by Crippen LogP contribution is 2.30. The fraction of sp³-hybridized carbons (Fsp3) is 0.412. The molecule has 4 nitrogen and oxygen atoms in total. The first-order chi connectivity index (χ1) is 10.2. The Kier molecular flexibility index (Phi) is 3.78. The Morgan fingerprint density at radius 3 is 2.81 bits per heavy atom. The van der Waals surface area contributed by atoms with Gasteiger partial charge < -0.3 is 10.2 Å². The molecule has 3 rings (SSSR count). The fourth-order valence-electron chi connectivity index (χ4n) is 2.79. The lowest BCUT2D eigenvalue weighted by Gasteiger charge is -2.12. The van der Waals surface area contributed by atoms with Gasteiger partial charge in [0.15, 0.2) is 5.82 Å². The van der Waals surface area contributed by atoms with Crippen LogP contribution in [0.4, 0.5) is 11.5 Å². The minimum Gasteiger partial charge on any atom is -0.374 e. The van der Waals surface area contributed by atoms with Crippen molar-refractivity contribution in [1.82, 2.24) is 9.97 Å². The first-order valence-corrected chi connectivity index (χ1v) is 7.67. The summed E-state index contributed by atoms with van der Waals surface area (Å²) in [5, 5.41) is 3.29. The first-order valence-electron chi connectivity index (χ1n) is 7.67. The third kappa shape index (κ3) is 2.71. The van der Waals surface area contributed by atoms with E-state index in [4.69, 9.17) is 0 Å². The van der Waals surface area contributed by atoms with Gasteiger partial charge in [0, 0.05) is 43.1 Å². The minimum atomic E-state index is 0.822. The number of nitrogens with zero attached hydrogens (tertiary/aromatic N) is 3. The van der Waals surface area contributed by atoms with Gasteiger partial charge in [0.2, 0.25) is 0 Å². The van der Waals surface area contributed by atoms with Crippen molar-refractivity contribution in [2.45, 2.75) is 26.7 Å². The molecule has 0 radical (unpaired) electrons. The molecule has 2 aromatic rings. The van der Waals surface area contributed by atoms with Crippen LogP contribution in [0.3, 0.4) is 0 Å². The van der Waals surface area contributed by atoms with Gasteiger partial charge >= 0.3 is 0 Å². The van der Waals surface area contributed by atoms with Crippen LogP contribution in [-0.4, -0.2) is 30.1 Å². The summed E-state index contributed by atoms with van der Waals surface area (Å²) in [5.74, 6) is 1.74. The molecule has 4 heteroatoms. The molecule has 1 aliphatic rings. The van der Waals surface area contributed by atoms with Crippen LogP contribution in [0.25, 0.3) is 11.4 Å². The van der Waals surface area contributed by atoms with Crippen LogP contribution >= 0.6 is 0 Å². The number of nitrogens with one attached hydrogen (secondary N) is 1. The average Bonchev–Trinajstić information content (AvgIpc) is 2.88. The smallest absolute Gasteiger partial charge is 0.161 e. The zero-order chi connectivity index (χ0) is 14.8. The van der Waals surface area contributed by atoms with Gasteiger partial charge in [0.25, 0.3) is 0 Å². The number of likely N-dealkylation sites (N-methyl/N-ethyl adjacent to an activating group) is 1. The highest BCUT2D eigenvalue weighted by molar-refractivity contribution is 5.67. The van der Waals surface area contributed by atoms with Crippen molar-refractivity contribution in [2.75, 3.05) is 30.4 Å². The molecule has 0 spiro atoms. The molecule has 0 saturated carbocycles. The molecule has 0 atom stereocenters. The first kappa shape index (κ1) is 13.9. The molecule has 2 heterocycles. The molecule has 1 aromatic carbocycles. The molecule has 0 unspecified atom stereocenters. The van der Waals surface area contributed by atoms with Crippen molar-refractivity contribution < 1.29 is 0 Å². The van der Waals surface area contributed by atoms with Crippen molar-refractivity contribution >= 4 is 11.5 Å². The standard InChI is InChI=1S/C17H22N4/c1-4-14-11-16(18-5-2)20-17(19-14)13-6-7-15-12(10-13)8-9-21(15)3/h6-7,10-11H,4-5,8-9H2,1-3H3,(H,18,19,20). The summed E-state index contributed by atoms with van der Waals surface area (Å²) in [6.45, 7) is 6.17. The highest BCUT2D eigenvalue weighted by Gasteiger charge is 2.17. The number of aromatic nitrogens is 2. The van der Waals surface area contributed by atoms with Crippen molar-refractivity contribution in [3.8, 4) is 11.4 Å². The predicted octanol–water partition coefficient (Wildman–Crippen LogP) is 3.13. The molecule has 0 saturated heterocycles. The largest absolute Gasteiger partial charge is 0.374 e. The van der Waals surface area contributed by atoms with E-state index in [-0.39, 0.29) is 0 Å². The second kappa shape index (κ2) is 5.72. The SMILES string of the molecule is CCNc1cc(CC)nc(-c2ccc3c(c2)CCN3C)n1. The molecule has 110 valence electrons. The summed E-state index contributed by atoms with van der Waals surface area (Å²) in [7, 11) is 2.14. The van der Waals surface area contributed by atoms with Gasteiger partial charge in [-0.05, 0) is 43.5 Å². The Hall–Kier alpha value is -2.10. The van der Waals surface area contributed by atoms with Gasteiger partial charge in [0.1, 0.15) is 5.82 Å². The van der Waals surface area contributed by atoms with E-state index in [2.05, 4.69) is 59.3 Å². The maximum atomic E-state index is 4.68. The Bertz CT molecular complexity index is 651. The minimum absolute atomic E-state index is 0.822. The third-order valence-corrected chi connectivity index (χ3v) is 3.96. The summed E-state index contributed by atoms with van der Waals surface area (Å²) in [6, 6.07) is 8.59. The molecular formula is C17H22N4. The number of hydrogen-bond donors (Lipinski definition) is 1. The summed E-state index contributed by atoms with van der Waals surface area (Å²) < 4.78 is 0. The van der Waals surface area contributed by atoms with E-state index in [1.54, 1.807) is 0 Å². The summed E-state index contributed by atoms with van der Waals surface area (Å²) >= 11 is 0. The topological polar surface area (TPSA) is 41.1 Å². The molecule has 0 bridgehead atoms. The quantitative estimate of drug-likeness (QED) is 0.935. The van der Waals surface area contributed by atoms with E-state index < -0.39 is 0 Å². The maximum Gasteiger partial charge on any atom is 0.161 e. The van der Waals surface area contributed by atoms with Crippen molar-refractivity contribution in [1.29, 1.82) is 0 Å². The van der Waals surface area contributed by atoms with Crippen molar-refractivity contribution in [3.63, 3.8) is 0 Å². The number of benzene rings is 1. The van der Waals surface area contributed by atoms with Crippen molar-refractivity contribution in [3.05, 3.63) is 35.5 Å². The second-order valence-corrected chi connectivity index (χ2v) is 5.47. The third-order valence-electron chi connectivity index (χ3n) is 3.96. The van der Waals surface area contributed by atoms with Gasteiger partial charge in [-0.1, -0.05) is 6.92 Å².